The minimum Gasteiger partial charge on any atom is -0.494 e. The maximum atomic E-state index is 14.6. The van der Waals surface area contributed by atoms with Gasteiger partial charge in [0.2, 0.25) is 0 Å². The Labute approximate surface area is 239 Å². The van der Waals surface area contributed by atoms with Crippen LogP contribution in [0, 0.1) is 11.6 Å². The lowest BCUT2D eigenvalue weighted by Crippen LogP contribution is -2.44. The molecule has 0 radical (unpaired) electrons. The number of carbonyl (C=O) groups is 1. The molecule has 4 rings (SSSR count). The van der Waals surface area contributed by atoms with Crippen molar-refractivity contribution in [2.45, 2.75) is 25.2 Å². The van der Waals surface area contributed by atoms with Gasteiger partial charge >= 0.3 is 0 Å². The third-order valence-electron chi connectivity index (χ3n) is 6.12. The van der Waals surface area contributed by atoms with E-state index in [1.54, 1.807) is 24.3 Å². The van der Waals surface area contributed by atoms with E-state index in [-0.39, 0.29) is 47.8 Å². The summed E-state index contributed by atoms with van der Waals surface area (Å²) in [6.07, 6.45) is 3.24. The Morgan fingerprint density at radius 3 is 2.45 bits per heavy atom. The van der Waals surface area contributed by atoms with Crippen molar-refractivity contribution in [3.63, 3.8) is 0 Å². The number of hydrogen-bond acceptors (Lipinski definition) is 10. The van der Waals surface area contributed by atoms with Gasteiger partial charge in [-0.3, -0.25) is 14.6 Å². The van der Waals surface area contributed by atoms with Crippen LogP contribution < -0.4 is 15.6 Å². The van der Waals surface area contributed by atoms with Crippen LogP contribution >= 0.6 is 0 Å². The first-order chi connectivity index (χ1) is 19.9. The van der Waals surface area contributed by atoms with Crippen LogP contribution in [-0.4, -0.2) is 56.7 Å². The van der Waals surface area contributed by atoms with Gasteiger partial charge in [0, 0.05) is 38.1 Å². The maximum absolute atomic E-state index is 14.6. The van der Waals surface area contributed by atoms with Crippen LogP contribution in [0.4, 0.5) is 8.78 Å². The van der Waals surface area contributed by atoms with Gasteiger partial charge in [-0.2, -0.15) is 13.5 Å². The second kappa shape index (κ2) is 12.7. The first-order valence-corrected chi connectivity index (χ1v) is 14.2. The number of allylic oxidation sites excluding steroid dienone is 1. The maximum Gasteiger partial charge on any atom is 0.267 e. The summed E-state index contributed by atoms with van der Waals surface area (Å²) in [6, 6.07) is 10.4. The summed E-state index contributed by atoms with van der Waals surface area (Å²) in [4.78, 5) is 29.5. The second-order valence-corrected chi connectivity index (χ2v) is 10.9. The van der Waals surface area contributed by atoms with Gasteiger partial charge in [0.05, 0.1) is 43.4 Å². The monoisotopic (exact) mass is 603 g/mol. The molecular formula is C27H27F2N5O7S. The van der Waals surface area contributed by atoms with Gasteiger partial charge in [0.25, 0.3) is 27.3 Å². The Morgan fingerprint density at radius 1 is 1.07 bits per heavy atom. The topological polar surface area (TPSA) is 151 Å². The molecule has 1 unspecified atom stereocenters. The zero-order valence-corrected chi connectivity index (χ0v) is 23.7. The predicted octanol–water partition coefficient (Wildman–Crippen LogP) is 2.48. The van der Waals surface area contributed by atoms with E-state index in [0.717, 1.165) is 24.6 Å². The van der Waals surface area contributed by atoms with Gasteiger partial charge in [0.1, 0.15) is 12.4 Å². The molecule has 0 saturated heterocycles. The Bertz CT molecular complexity index is 1710. The quantitative estimate of drug-likeness (QED) is 0.310. The molecule has 12 nitrogen and oxygen atoms in total. The number of hydrogen-bond donors (Lipinski definition) is 1. The van der Waals surface area contributed by atoms with Crippen molar-refractivity contribution in [3.8, 4) is 5.75 Å². The van der Waals surface area contributed by atoms with Gasteiger partial charge in [-0.25, -0.2) is 13.0 Å². The summed E-state index contributed by atoms with van der Waals surface area (Å²) in [5.74, 6) is -2.22. The number of halogens is 2. The zero-order valence-electron chi connectivity index (χ0n) is 22.8. The van der Waals surface area contributed by atoms with E-state index in [1.807, 2.05) is 0 Å². The highest BCUT2D eigenvalue weighted by Gasteiger charge is 2.48. The Kier molecular flexibility index (Phi) is 9.23. The molecule has 0 bridgehead atoms. The molecule has 222 valence electrons. The molecule has 1 aliphatic rings. The van der Waals surface area contributed by atoms with E-state index in [1.165, 1.54) is 31.0 Å². The van der Waals surface area contributed by atoms with Crippen molar-refractivity contribution in [1.82, 2.24) is 14.9 Å². The number of nitrogens with one attached hydrogen (secondary N) is 1. The fourth-order valence-corrected chi connectivity index (χ4v) is 4.97. The molecule has 1 aromatic carbocycles. The lowest BCUT2D eigenvalue weighted by Gasteiger charge is -2.25. The van der Waals surface area contributed by atoms with Gasteiger partial charge in [0.15, 0.2) is 11.6 Å². The molecule has 0 spiro atoms. The van der Waals surface area contributed by atoms with Crippen LogP contribution in [0.3, 0.4) is 0 Å². The molecule has 1 atom stereocenters. The fourth-order valence-electron chi connectivity index (χ4n) is 4.31. The molecule has 3 heterocycles. The van der Waals surface area contributed by atoms with E-state index in [9.17, 15) is 26.8 Å². The highest BCUT2D eigenvalue weighted by Crippen LogP contribution is 2.37. The van der Waals surface area contributed by atoms with Crippen molar-refractivity contribution < 1.29 is 35.6 Å². The molecule has 3 aromatic rings. The molecular weight excluding hydrogens is 576 g/mol. The number of rotatable bonds is 12. The first-order valence-electron chi connectivity index (χ1n) is 12.4. The number of azo groups is 1. The summed E-state index contributed by atoms with van der Waals surface area (Å²) in [7, 11) is -1.61. The number of carbonyl (C=O) groups excluding carboxylic acids is 1. The number of pyridine rings is 2. The van der Waals surface area contributed by atoms with Crippen LogP contribution in [0.1, 0.15) is 16.8 Å². The smallest absolute Gasteiger partial charge is 0.267 e. The van der Waals surface area contributed by atoms with Crippen molar-refractivity contribution in [1.29, 1.82) is 0 Å². The minimum absolute atomic E-state index is 0.0246. The SMILES string of the molecule is COCC1(OS(C)(=O)=O)N=NC(Cc2ccc(Cn3cc(F)ccc3=O)cc2)=C1C(=O)NCc1nccc(OC)c1F. The lowest BCUT2D eigenvalue weighted by molar-refractivity contribution is -0.120. The Morgan fingerprint density at radius 2 is 1.79 bits per heavy atom. The molecule has 0 fully saturated rings. The number of ether oxygens (including phenoxy) is 2. The van der Waals surface area contributed by atoms with Crippen LogP contribution in [0.15, 0.2) is 81.2 Å². The first kappa shape index (κ1) is 30.6. The average molecular weight is 604 g/mol. The van der Waals surface area contributed by atoms with Crippen LogP contribution in [0.25, 0.3) is 0 Å². The minimum atomic E-state index is -4.17. The molecule has 0 saturated carbocycles. The highest BCUT2D eigenvalue weighted by atomic mass is 32.2. The fraction of sp³-hybridized carbons (Fsp3) is 0.296. The summed E-state index contributed by atoms with van der Waals surface area (Å²) < 4.78 is 69.1. The lowest BCUT2D eigenvalue weighted by atomic mass is 9.98. The molecule has 2 aromatic heterocycles. The van der Waals surface area contributed by atoms with E-state index in [0.29, 0.717) is 11.1 Å². The van der Waals surface area contributed by atoms with Crippen LogP contribution in [-0.2, 0) is 43.3 Å². The largest absolute Gasteiger partial charge is 0.494 e. The number of benzene rings is 1. The molecule has 1 amide bonds. The predicted molar refractivity (Wildman–Crippen MR) is 145 cm³/mol. The summed E-state index contributed by atoms with van der Waals surface area (Å²) >= 11 is 0. The van der Waals surface area contributed by atoms with E-state index in [2.05, 4.69) is 20.5 Å². The van der Waals surface area contributed by atoms with E-state index >= 15 is 0 Å². The number of nitrogens with zero attached hydrogens (tertiary/aromatic N) is 4. The van der Waals surface area contributed by atoms with Crippen molar-refractivity contribution in [3.05, 3.63) is 105 Å². The second-order valence-electron chi connectivity index (χ2n) is 9.29. The molecule has 15 heteroatoms. The van der Waals surface area contributed by atoms with Gasteiger partial charge in [-0.05, 0) is 17.2 Å². The van der Waals surface area contributed by atoms with E-state index < -0.39 is 40.0 Å². The standard InChI is InChI=1S/C27H27F2N5O7S/c1-39-16-27(41-42(3,37)38)24(26(36)31-13-21-25(29)22(40-2)10-11-30-21)20(32-33-27)12-17-4-6-18(7-5-17)14-34-15-19(28)8-9-23(34)35/h4-11,15H,12-14,16H2,1-3H3,(H,31,36). The zero-order chi connectivity index (χ0) is 30.5. The van der Waals surface area contributed by atoms with Gasteiger partial charge < -0.3 is 19.4 Å². The number of aromatic nitrogens is 2. The van der Waals surface area contributed by atoms with Crippen molar-refractivity contribution in [2.24, 2.45) is 10.2 Å². The normalized spacial score (nSPS) is 16.6. The Hall–Kier alpha value is -4.34. The third-order valence-corrected chi connectivity index (χ3v) is 6.70. The summed E-state index contributed by atoms with van der Waals surface area (Å²) in [5, 5.41) is 10.6. The van der Waals surface area contributed by atoms with Crippen molar-refractivity contribution in [2.75, 3.05) is 27.1 Å². The van der Waals surface area contributed by atoms with Gasteiger partial charge in [-0.15, -0.1) is 5.11 Å². The van der Waals surface area contributed by atoms with E-state index in [4.69, 9.17) is 13.7 Å². The Balaban J connectivity index is 1.64. The number of amides is 1. The molecule has 42 heavy (non-hydrogen) atoms. The number of methoxy groups -OCH3 is 2. The average Bonchev–Trinajstić information content (AvgIpc) is 3.26. The highest BCUT2D eigenvalue weighted by molar-refractivity contribution is 7.86. The molecule has 1 aliphatic heterocycles. The van der Waals surface area contributed by atoms with Crippen LogP contribution in [0.2, 0.25) is 0 Å². The van der Waals surface area contributed by atoms with Crippen molar-refractivity contribution >= 4 is 16.0 Å². The third kappa shape index (κ3) is 7.10. The molecule has 1 N–H and O–H groups in total. The molecule has 0 aliphatic carbocycles. The summed E-state index contributed by atoms with van der Waals surface area (Å²) in [5.41, 5.74) is -1.41. The van der Waals surface area contributed by atoms with Gasteiger partial charge in [-0.1, -0.05) is 24.3 Å². The summed E-state index contributed by atoms with van der Waals surface area (Å²) in [6.45, 7) is -0.710. The van der Waals surface area contributed by atoms with Crippen LogP contribution in [0.5, 0.6) is 5.75 Å².